The fourth-order valence-corrected chi connectivity index (χ4v) is 4.35. The van der Waals surface area contributed by atoms with E-state index in [2.05, 4.69) is 73.9 Å². The van der Waals surface area contributed by atoms with Gasteiger partial charge in [0.25, 0.3) is 0 Å². The lowest BCUT2D eigenvalue weighted by Gasteiger charge is -2.20. The molecule has 3 aromatic carbocycles. The van der Waals surface area contributed by atoms with Gasteiger partial charge in [-0.3, -0.25) is 4.99 Å². The van der Waals surface area contributed by atoms with Gasteiger partial charge in [0, 0.05) is 16.8 Å². The molecule has 0 unspecified atom stereocenters. The Labute approximate surface area is 199 Å². The monoisotopic (exact) mass is 451 g/mol. The number of hydrogen-bond acceptors (Lipinski definition) is 2. The van der Waals surface area contributed by atoms with Crippen LogP contribution in [0.5, 0.6) is 0 Å². The Hall–Kier alpha value is -3.43. The summed E-state index contributed by atoms with van der Waals surface area (Å²) in [6, 6.07) is 29.5. The second kappa shape index (κ2) is 8.84. The van der Waals surface area contributed by atoms with Crippen LogP contribution in [0.15, 0.2) is 89.9 Å². The van der Waals surface area contributed by atoms with Crippen LogP contribution in [0.1, 0.15) is 30.5 Å². The van der Waals surface area contributed by atoms with E-state index in [1.807, 2.05) is 36.4 Å². The number of hydrogen-bond donors (Lipinski definition) is 0. The smallest absolute Gasteiger partial charge is 0.0882 e. The maximum atomic E-state index is 6.19. The maximum absolute atomic E-state index is 6.19. The zero-order chi connectivity index (χ0) is 22.9. The number of aromatic nitrogens is 2. The van der Waals surface area contributed by atoms with Crippen molar-refractivity contribution in [1.82, 2.24) is 9.55 Å². The summed E-state index contributed by atoms with van der Waals surface area (Å²) in [5.74, 6) is 0. The van der Waals surface area contributed by atoms with Crippen molar-refractivity contribution in [2.75, 3.05) is 0 Å². The van der Waals surface area contributed by atoms with Crippen molar-refractivity contribution in [3.05, 3.63) is 112 Å². The Morgan fingerprint density at radius 1 is 0.909 bits per heavy atom. The van der Waals surface area contributed by atoms with E-state index < -0.39 is 0 Å². The van der Waals surface area contributed by atoms with E-state index in [1.165, 1.54) is 16.7 Å². The highest BCUT2D eigenvalue weighted by atomic mass is 35.5. The number of aryl methyl sites for hydroxylation is 1. The van der Waals surface area contributed by atoms with E-state index in [4.69, 9.17) is 21.6 Å². The van der Waals surface area contributed by atoms with Crippen molar-refractivity contribution in [2.24, 2.45) is 4.99 Å². The van der Waals surface area contributed by atoms with Gasteiger partial charge in [-0.05, 0) is 86.8 Å². The summed E-state index contributed by atoms with van der Waals surface area (Å²) in [5.41, 5.74) is 8.75. The summed E-state index contributed by atoms with van der Waals surface area (Å²) >= 11 is 6.19. The summed E-state index contributed by atoms with van der Waals surface area (Å²) in [4.78, 5) is 10.0. The van der Waals surface area contributed by atoms with E-state index in [0.717, 1.165) is 44.9 Å². The molecule has 1 heterocycles. The second-order valence-corrected chi connectivity index (χ2v) is 9.20. The van der Waals surface area contributed by atoms with Gasteiger partial charge >= 0.3 is 0 Å². The lowest BCUT2D eigenvalue weighted by Crippen LogP contribution is -2.17. The minimum absolute atomic E-state index is 0.191. The molecule has 3 aromatic rings. The van der Waals surface area contributed by atoms with Gasteiger partial charge in [-0.1, -0.05) is 53.6 Å². The molecule has 1 aliphatic heterocycles. The number of para-hydroxylation sites is 2. The normalized spacial score (nSPS) is 12.2. The molecule has 5 rings (SSSR count). The van der Waals surface area contributed by atoms with Crippen LogP contribution >= 0.6 is 11.6 Å². The first-order chi connectivity index (χ1) is 16.0. The summed E-state index contributed by atoms with van der Waals surface area (Å²) in [7, 11) is 0. The molecule has 0 atom stereocenters. The molecule has 0 saturated carbocycles. The fraction of sp³-hybridized carbons (Fsp3) is 0.172. The van der Waals surface area contributed by atoms with Crippen molar-refractivity contribution in [2.45, 2.75) is 33.2 Å². The van der Waals surface area contributed by atoms with Gasteiger partial charge in [-0.15, -0.1) is 0 Å². The zero-order valence-electron chi connectivity index (χ0n) is 19.1. The molecule has 0 bridgehead atoms. The minimum atomic E-state index is 0.191. The molecule has 0 fully saturated rings. The summed E-state index contributed by atoms with van der Waals surface area (Å²) < 4.78 is 2.25. The van der Waals surface area contributed by atoms with Crippen molar-refractivity contribution in [3.8, 4) is 17.1 Å². The average Bonchev–Trinajstić information content (AvgIpc) is 2.80. The van der Waals surface area contributed by atoms with E-state index in [1.54, 1.807) is 0 Å². The second-order valence-electron chi connectivity index (χ2n) is 8.77. The third kappa shape index (κ3) is 4.42. The molecule has 164 valence electrons. The number of rotatable bonds is 4. The molecule has 0 saturated heterocycles. The molecule has 2 aliphatic rings. The summed E-state index contributed by atoms with van der Waals surface area (Å²) in [6.07, 6.45) is 0.817. The van der Waals surface area contributed by atoms with Crippen LogP contribution in [-0.4, -0.2) is 15.6 Å². The third-order valence-electron chi connectivity index (χ3n) is 5.78. The molecule has 1 aliphatic carbocycles. The topological polar surface area (TPSA) is 30.2 Å². The lowest BCUT2D eigenvalue weighted by molar-refractivity contribution is 0.799. The lowest BCUT2D eigenvalue weighted by atomic mass is 10.00. The van der Waals surface area contributed by atoms with E-state index in [-0.39, 0.29) is 6.04 Å². The van der Waals surface area contributed by atoms with E-state index >= 15 is 0 Å². The molecule has 33 heavy (non-hydrogen) atoms. The van der Waals surface area contributed by atoms with Crippen molar-refractivity contribution in [1.29, 1.82) is 0 Å². The number of halogens is 1. The molecule has 0 aromatic heterocycles. The quantitative estimate of drug-likeness (QED) is 0.271. The SMILES string of the molecule is Cc1ccc(Cc2cc3nc4ccccc4n(-c4ccc(Cl)cc4)c-3cc2=NC(C)C)cc1. The van der Waals surface area contributed by atoms with E-state index in [9.17, 15) is 0 Å². The summed E-state index contributed by atoms with van der Waals surface area (Å²) in [6.45, 7) is 6.35. The maximum Gasteiger partial charge on any atom is 0.0882 e. The van der Waals surface area contributed by atoms with Gasteiger partial charge in [0.05, 0.1) is 27.8 Å². The first kappa shape index (κ1) is 21.4. The number of fused-ring (bicyclic) bond motifs is 2. The molecule has 0 spiro atoms. The van der Waals surface area contributed by atoms with Gasteiger partial charge in [-0.2, -0.15) is 0 Å². The summed E-state index contributed by atoms with van der Waals surface area (Å²) in [5, 5.41) is 1.73. The highest BCUT2D eigenvalue weighted by molar-refractivity contribution is 6.30. The van der Waals surface area contributed by atoms with Gasteiger partial charge in [-0.25, -0.2) is 4.98 Å². The molecule has 0 amide bonds. The standard InChI is InChI=1S/C29H26ClN3/c1-19(2)31-26-18-29-27(17-22(26)16-21-10-8-20(3)9-11-21)32-25-6-4-5-7-28(25)33(29)24-14-12-23(30)13-15-24/h4-15,17-19H,16H2,1-3H3. The van der Waals surface area contributed by atoms with Crippen LogP contribution in [-0.2, 0) is 6.42 Å². The third-order valence-corrected chi connectivity index (χ3v) is 6.03. The van der Waals surface area contributed by atoms with Gasteiger partial charge in [0.15, 0.2) is 0 Å². The Morgan fingerprint density at radius 2 is 1.64 bits per heavy atom. The Bertz CT molecular complexity index is 1460. The highest BCUT2D eigenvalue weighted by Gasteiger charge is 2.16. The largest absolute Gasteiger partial charge is 0.306 e. The van der Waals surface area contributed by atoms with Crippen LogP contribution in [0.3, 0.4) is 0 Å². The molecule has 0 N–H and O–H groups in total. The van der Waals surface area contributed by atoms with Crippen molar-refractivity contribution in [3.63, 3.8) is 0 Å². The first-order valence-corrected chi connectivity index (χ1v) is 11.7. The average molecular weight is 452 g/mol. The van der Waals surface area contributed by atoms with Gasteiger partial charge in [0.1, 0.15) is 0 Å². The molecular formula is C29H26ClN3. The fourth-order valence-electron chi connectivity index (χ4n) is 4.22. The Balaban J connectivity index is 1.80. The Morgan fingerprint density at radius 3 is 2.36 bits per heavy atom. The Kier molecular flexibility index (Phi) is 5.74. The van der Waals surface area contributed by atoms with E-state index in [0.29, 0.717) is 0 Å². The zero-order valence-corrected chi connectivity index (χ0v) is 19.8. The van der Waals surface area contributed by atoms with Crippen LogP contribution in [0.25, 0.3) is 28.1 Å². The highest BCUT2D eigenvalue weighted by Crippen LogP contribution is 2.29. The minimum Gasteiger partial charge on any atom is -0.306 e. The van der Waals surface area contributed by atoms with Crippen molar-refractivity contribution < 1.29 is 0 Å². The predicted octanol–water partition coefficient (Wildman–Crippen LogP) is 6.99. The predicted molar refractivity (Wildman–Crippen MR) is 137 cm³/mol. The molecule has 3 nitrogen and oxygen atoms in total. The van der Waals surface area contributed by atoms with Crippen LogP contribution < -0.4 is 5.36 Å². The van der Waals surface area contributed by atoms with Crippen LogP contribution in [0.2, 0.25) is 5.02 Å². The number of benzene rings is 4. The molecule has 0 radical (unpaired) electrons. The van der Waals surface area contributed by atoms with Gasteiger partial charge < -0.3 is 4.57 Å². The van der Waals surface area contributed by atoms with Crippen LogP contribution in [0.4, 0.5) is 0 Å². The van der Waals surface area contributed by atoms with Crippen LogP contribution in [0, 0.1) is 6.92 Å². The molecule has 4 heteroatoms. The van der Waals surface area contributed by atoms with Crippen molar-refractivity contribution >= 4 is 22.6 Å². The first-order valence-electron chi connectivity index (χ1n) is 11.3. The molecular weight excluding hydrogens is 426 g/mol. The van der Waals surface area contributed by atoms with Gasteiger partial charge in [0.2, 0.25) is 0 Å². The number of nitrogens with zero attached hydrogens (tertiary/aromatic N) is 3.